The van der Waals surface area contributed by atoms with Crippen LogP contribution in [0.25, 0.3) is 0 Å². The molecule has 5 heteroatoms. The average molecular weight is 425 g/mol. The van der Waals surface area contributed by atoms with E-state index in [1.807, 2.05) is 36.4 Å². The first kappa shape index (κ1) is 20.5. The number of methoxy groups -OCH3 is 1. The molecule has 0 heterocycles. The quantitative estimate of drug-likeness (QED) is 0.485. The molecule has 3 saturated carbocycles. The van der Waals surface area contributed by atoms with Crippen molar-refractivity contribution in [1.82, 2.24) is 0 Å². The largest absolute Gasteiger partial charge is 0.469 e. The Labute approximate surface area is 182 Å². The third-order valence-corrected chi connectivity index (χ3v) is 7.50. The van der Waals surface area contributed by atoms with Crippen LogP contribution < -0.4 is 4.74 Å². The molecule has 0 spiro atoms. The van der Waals surface area contributed by atoms with Crippen molar-refractivity contribution < 1.29 is 23.4 Å². The summed E-state index contributed by atoms with van der Waals surface area (Å²) in [6, 6.07) is 14.2. The SMILES string of the molecule is COC(=O)C1CC1CC12CCC(OCc3cc(F)cc(Oc4ccccc4)c3)(CC1)C2. The summed E-state index contributed by atoms with van der Waals surface area (Å²) in [7, 11) is 1.47. The lowest BCUT2D eigenvalue weighted by Gasteiger charge is -2.28. The highest BCUT2D eigenvalue weighted by Gasteiger charge is 2.58. The number of para-hydroxylation sites is 1. The fourth-order valence-electron chi connectivity index (χ4n) is 5.84. The van der Waals surface area contributed by atoms with Gasteiger partial charge in [-0.2, -0.15) is 0 Å². The summed E-state index contributed by atoms with van der Waals surface area (Å²) in [6.45, 7) is 0.382. The fraction of sp³-hybridized carbons (Fsp3) is 0.500. The molecule has 4 nitrogen and oxygen atoms in total. The Hall–Kier alpha value is -2.40. The Morgan fingerprint density at radius 2 is 1.84 bits per heavy atom. The highest BCUT2D eigenvalue weighted by molar-refractivity contribution is 5.75. The molecular weight excluding hydrogens is 395 g/mol. The van der Waals surface area contributed by atoms with Crippen molar-refractivity contribution in [3.05, 3.63) is 59.9 Å². The molecule has 3 aliphatic carbocycles. The number of benzene rings is 2. The van der Waals surface area contributed by atoms with E-state index in [2.05, 4.69) is 0 Å². The zero-order chi connectivity index (χ0) is 21.5. The second-order valence-electron chi connectivity index (χ2n) is 9.69. The molecule has 3 fully saturated rings. The van der Waals surface area contributed by atoms with E-state index in [0.717, 1.165) is 50.5 Å². The second-order valence-corrected chi connectivity index (χ2v) is 9.69. The van der Waals surface area contributed by atoms with Crippen molar-refractivity contribution in [1.29, 1.82) is 0 Å². The van der Waals surface area contributed by atoms with E-state index in [-0.39, 0.29) is 23.3 Å². The highest BCUT2D eigenvalue weighted by Crippen LogP contribution is 2.63. The van der Waals surface area contributed by atoms with E-state index >= 15 is 0 Å². The Morgan fingerprint density at radius 1 is 1.06 bits per heavy atom. The molecule has 164 valence electrons. The van der Waals surface area contributed by atoms with Crippen molar-refractivity contribution >= 4 is 5.97 Å². The number of esters is 1. The number of hydrogen-bond acceptors (Lipinski definition) is 4. The van der Waals surface area contributed by atoms with Crippen LogP contribution in [0.2, 0.25) is 0 Å². The van der Waals surface area contributed by atoms with E-state index in [9.17, 15) is 9.18 Å². The first-order chi connectivity index (χ1) is 15.0. The van der Waals surface area contributed by atoms with Crippen LogP contribution in [-0.4, -0.2) is 18.7 Å². The zero-order valence-electron chi connectivity index (χ0n) is 17.9. The summed E-state index contributed by atoms with van der Waals surface area (Å²) >= 11 is 0. The minimum atomic E-state index is -0.320. The summed E-state index contributed by atoms with van der Waals surface area (Å²) in [5, 5.41) is 0. The minimum Gasteiger partial charge on any atom is -0.469 e. The molecular formula is C26H29FO4. The minimum absolute atomic E-state index is 0.0560. The van der Waals surface area contributed by atoms with Crippen molar-refractivity contribution in [2.24, 2.45) is 17.3 Å². The van der Waals surface area contributed by atoms with Gasteiger partial charge in [-0.3, -0.25) is 4.79 Å². The Balaban J connectivity index is 1.20. The average Bonchev–Trinajstić information content (AvgIpc) is 3.30. The lowest BCUT2D eigenvalue weighted by molar-refractivity contribution is -0.142. The molecule has 2 atom stereocenters. The van der Waals surface area contributed by atoms with Crippen LogP contribution in [0.3, 0.4) is 0 Å². The number of carbonyl (C=O) groups is 1. The molecule has 0 N–H and O–H groups in total. The van der Waals surface area contributed by atoms with Crippen LogP contribution in [-0.2, 0) is 20.9 Å². The maximum absolute atomic E-state index is 14.2. The fourth-order valence-corrected chi connectivity index (χ4v) is 5.84. The number of rotatable bonds is 8. The van der Waals surface area contributed by atoms with Crippen LogP contribution in [0.4, 0.5) is 4.39 Å². The maximum atomic E-state index is 14.2. The molecule has 0 radical (unpaired) electrons. The molecule has 3 aliphatic rings. The lowest BCUT2D eigenvalue weighted by Crippen LogP contribution is -2.26. The van der Waals surface area contributed by atoms with E-state index in [1.165, 1.54) is 19.2 Å². The van der Waals surface area contributed by atoms with Crippen molar-refractivity contribution in [2.45, 2.75) is 57.2 Å². The van der Waals surface area contributed by atoms with Gasteiger partial charge in [0.25, 0.3) is 0 Å². The number of hydrogen-bond donors (Lipinski definition) is 0. The third-order valence-electron chi connectivity index (χ3n) is 7.50. The van der Waals surface area contributed by atoms with Gasteiger partial charge in [-0.1, -0.05) is 18.2 Å². The van der Waals surface area contributed by atoms with Gasteiger partial charge in [-0.25, -0.2) is 4.39 Å². The van der Waals surface area contributed by atoms with Gasteiger partial charge in [0.1, 0.15) is 17.3 Å². The predicted molar refractivity (Wildman–Crippen MR) is 114 cm³/mol. The third kappa shape index (κ3) is 4.33. The first-order valence-electron chi connectivity index (χ1n) is 11.2. The lowest BCUT2D eigenvalue weighted by atomic mass is 9.79. The monoisotopic (exact) mass is 424 g/mol. The summed E-state index contributed by atoms with van der Waals surface area (Å²) in [4.78, 5) is 11.8. The van der Waals surface area contributed by atoms with E-state index in [4.69, 9.17) is 14.2 Å². The second kappa shape index (κ2) is 7.94. The van der Waals surface area contributed by atoms with Crippen molar-refractivity contribution in [2.75, 3.05) is 7.11 Å². The summed E-state index contributed by atoms with van der Waals surface area (Å²) in [5.74, 6) is 1.37. The first-order valence-corrected chi connectivity index (χ1v) is 11.2. The Bertz CT molecular complexity index is 949. The standard InChI is InChI=1S/C26H29FO4/c1-29-24(28)23-13-19(23)15-25-7-9-26(17-25,10-8-25)30-16-18-11-20(27)14-22(12-18)31-21-5-3-2-4-6-21/h2-6,11-12,14,19,23H,7-10,13,15-17H2,1H3. The molecule has 2 aromatic rings. The molecule has 31 heavy (non-hydrogen) atoms. The van der Waals surface area contributed by atoms with E-state index < -0.39 is 0 Å². The smallest absolute Gasteiger partial charge is 0.308 e. The maximum Gasteiger partial charge on any atom is 0.308 e. The van der Waals surface area contributed by atoms with Gasteiger partial charge < -0.3 is 14.2 Å². The number of halogens is 1. The van der Waals surface area contributed by atoms with E-state index in [1.54, 1.807) is 0 Å². The highest BCUT2D eigenvalue weighted by atomic mass is 19.1. The van der Waals surface area contributed by atoms with Gasteiger partial charge in [-0.15, -0.1) is 0 Å². The topological polar surface area (TPSA) is 44.8 Å². The van der Waals surface area contributed by atoms with Gasteiger partial charge in [0.2, 0.25) is 0 Å². The van der Waals surface area contributed by atoms with E-state index in [0.29, 0.717) is 29.4 Å². The van der Waals surface area contributed by atoms with Gasteiger partial charge in [0, 0.05) is 6.07 Å². The van der Waals surface area contributed by atoms with Gasteiger partial charge in [-0.05, 0) is 86.1 Å². The van der Waals surface area contributed by atoms with Crippen molar-refractivity contribution in [3.63, 3.8) is 0 Å². The van der Waals surface area contributed by atoms with Crippen LogP contribution in [0.15, 0.2) is 48.5 Å². The molecule has 5 rings (SSSR count). The molecule has 0 amide bonds. The molecule has 2 bridgehead atoms. The van der Waals surface area contributed by atoms with Gasteiger partial charge >= 0.3 is 5.97 Å². The number of carbonyl (C=O) groups excluding carboxylic acids is 1. The van der Waals surface area contributed by atoms with Crippen LogP contribution in [0, 0.1) is 23.1 Å². The Kier molecular flexibility index (Phi) is 5.25. The van der Waals surface area contributed by atoms with Gasteiger partial charge in [0.05, 0.1) is 25.2 Å². The normalized spacial score (nSPS) is 30.9. The van der Waals surface area contributed by atoms with Crippen molar-refractivity contribution in [3.8, 4) is 11.5 Å². The van der Waals surface area contributed by atoms with Gasteiger partial charge in [0.15, 0.2) is 0 Å². The summed E-state index contributed by atoms with van der Waals surface area (Å²) < 4.78 is 31.3. The molecule has 0 saturated heterocycles. The molecule has 2 unspecified atom stereocenters. The van der Waals surface area contributed by atoms with Crippen LogP contribution >= 0.6 is 0 Å². The molecule has 0 aromatic heterocycles. The zero-order valence-corrected chi connectivity index (χ0v) is 17.9. The predicted octanol–water partition coefficient (Wildman–Crippen LogP) is 6.04. The van der Waals surface area contributed by atoms with Crippen LogP contribution in [0.5, 0.6) is 11.5 Å². The molecule has 2 aromatic carbocycles. The summed E-state index contributed by atoms with van der Waals surface area (Å²) in [6.07, 6.45) is 7.53. The summed E-state index contributed by atoms with van der Waals surface area (Å²) in [5.41, 5.74) is 0.983. The van der Waals surface area contributed by atoms with Crippen LogP contribution in [0.1, 0.15) is 50.5 Å². The number of fused-ring (bicyclic) bond motifs is 2. The molecule has 0 aliphatic heterocycles. The number of ether oxygens (including phenoxy) is 3. The Morgan fingerprint density at radius 3 is 2.58 bits per heavy atom.